The molecule has 6 rings (SSSR count). The maximum Gasteiger partial charge on any atom is 0.274 e. The molecule has 3 aliphatic heterocycles. The Balaban J connectivity index is 1.46. The third kappa shape index (κ3) is 4.10. The Morgan fingerprint density at radius 2 is 2.08 bits per heavy atom. The van der Waals surface area contributed by atoms with E-state index >= 15 is 4.39 Å². The van der Waals surface area contributed by atoms with Gasteiger partial charge in [-0.3, -0.25) is 14.5 Å². The van der Waals surface area contributed by atoms with E-state index in [4.69, 9.17) is 0 Å². The number of hydrogen-bond acceptors (Lipinski definition) is 7. The van der Waals surface area contributed by atoms with E-state index < -0.39 is 11.7 Å². The molecule has 2 N–H and O–H groups in total. The van der Waals surface area contributed by atoms with Crippen LogP contribution in [0.4, 0.5) is 21.6 Å². The molecule has 184 valence electrons. The maximum atomic E-state index is 15.9. The summed E-state index contributed by atoms with van der Waals surface area (Å²) in [6.07, 6.45) is 6.62. The van der Waals surface area contributed by atoms with Crippen LogP contribution in [0.2, 0.25) is 0 Å². The predicted molar refractivity (Wildman–Crippen MR) is 136 cm³/mol. The number of benzene rings is 1. The van der Waals surface area contributed by atoms with Gasteiger partial charge < -0.3 is 15.2 Å². The highest BCUT2D eigenvalue weighted by Gasteiger charge is 2.26. The van der Waals surface area contributed by atoms with Gasteiger partial charge in [0.15, 0.2) is 5.82 Å². The fourth-order valence-electron chi connectivity index (χ4n) is 4.47. The molecule has 1 aromatic carbocycles. The molecule has 1 amide bonds. The lowest BCUT2D eigenvalue weighted by Crippen LogP contribution is -2.18. The molecule has 0 aliphatic carbocycles. The van der Waals surface area contributed by atoms with E-state index in [1.165, 1.54) is 6.20 Å². The first-order valence-electron chi connectivity index (χ1n) is 11.7. The number of nitrogens with zero attached hydrogens (tertiary/aromatic N) is 7. The van der Waals surface area contributed by atoms with Crippen LogP contribution in [0.15, 0.2) is 66.2 Å². The maximum absolute atomic E-state index is 15.9. The number of aromatic nitrogens is 6. The first kappa shape index (κ1) is 22.5. The highest BCUT2D eigenvalue weighted by atomic mass is 19.1. The van der Waals surface area contributed by atoms with Gasteiger partial charge >= 0.3 is 0 Å². The van der Waals surface area contributed by atoms with Crippen LogP contribution in [0.25, 0.3) is 22.5 Å². The molecule has 0 saturated heterocycles. The minimum Gasteiger partial charge on any atom is -0.369 e. The molecule has 3 aromatic rings. The summed E-state index contributed by atoms with van der Waals surface area (Å²) in [6.45, 7) is 3.16. The van der Waals surface area contributed by atoms with Crippen molar-refractivity contribution in [3.63, 3.8) is 0 Å². The van der Waals surface area contributed by atoms with Crippen molar-refractivity contribution >= 4 is 23.1 Å². The highest BCUT2D eigenvalue weighted by Crippen LogP contribution is 2.40. The van der Waals surface area contributed by atoms with E-state index in [9.17, 15) is 4.79 Å². The van der Waals surface area contributed by atoms with Gasteiger partial charge in [-0.1, -0.05) is 12.1 Å². The van der Waals surface area contributed by atoms with Crippen LogP contribution in [0.5, 0.6) is 0 Å². The summed E-state index contributed by atoms with van der Waals surface area (Å²) in [7, 11) is 1.82. The number of amides is 1. The van der Waals surface area contributed by atoms with E-state index in [-0.39, 0.29) is 11.4 Å². The van der Waals surface area contributed by atoms with E-state index in [2.05, 4.69) is 35.7 Å². The standard InChI is InChI=1S/C26H22FN9O/c1-15-6-7-19(33-25(37)20-5-3-4-8-28-20)22(27)21(15)18-11-16-12-30-26(32-17-13-31-35(2)14-17)34-23(16)36-10-9-29-24(18)36/h3-8,11-14,29H,9-10H2,1-2H3,(H,33,37). The summed E-state index contributed by atoms with van der Waals surface area (Å²) in [6, 6.07) is 10.2. The third-order valence-corrected chi connectivity index (χ3v) is 6.18. The molecule has 0 bridgehead atoms. The second-order valence-electron chi connectivity index (χ2n) is 8.71. The average Bonchev–Trinajstić information content (AvgIpc) is 3.56. The number of aryl methyl sites for hydroxylation is 2. The van der Waals surface area contributed by atoms with Gasteiger partial charge in [-0.15, -0.1) is 0 Å². The first-order valence-corrected chi connectivity index (χ1v) is 11.7. The number of halogens is 1. The second-order valence-corrected chi connectivity index (χ2v) is 8.71. The lowest BCUT2D eigenvalue weighted by molar-refractivity contribution is 0.102. The van der Waals surface area contributed by atoms with Crippen LogP contribution in [-0.4, -0.2) is 41.8 Å². The summed E-state index contributed by atoms with van der Waals surface area (Å²) in [5, 5.41) is 10.1. The molecule has 37 heavy (non-hydrogen) atoms. The number of carbonyl (C=O) groups is 1. The van der Waals surface area contributed by atoms with E-state index in [1.807, 2.05) is 24.6 Å². The summed E-state index contributed by atoms with van der Waals surface area (Å²) in [5.74, 6) is 0.431. The van der Waals surface area contributed by atoms with Crippen molar-refractivity contribution in [2.75, 3.05) is 17.2 Å². The smallest absolute Gasteiger partial charge is 0.274 e. The van der Waals surface area contributed by atoms with Gasteiger partial charge in [0.1, 0.15) is 23.0 Å². The number of anilines is 2. The largest absolute Gasteiger partial charge is 0.369 e. The van der Waals surface area contributed by atoms with Crippen LogP contribution >= 0.6 is 0 Å². The highest BCUT2D eigenvalue weighted by molar-refractivity contribution is 6.03. The van der Waals surface area contributed by atoms with Gasteiger partial charge in [0.05, 0.1) is 18.1 Å². The minimum atomic E-state index is -0.524. The van der Waals surface area contributed by atoms with Crippen molar-refractivity contribution in [2.45, 2.75) is 13.5 Å². The van der Waals surface area contributed by atoms with Crippen LogP contribution in [-0.2, 0) is 13.6 Å². The Labute approximate surface area is 210 Å². The second kappa shape index (κ2) is 8.94. The third-order valence-electron chi connectivity index (χ3n) is 6.18. The number of fused-ring (bicyclic) bond motifs is 3. The molecule has 0 spiro atoms. The van der Waals surface area contributed by atoms with Gasteiger partial charge in [0.2, 0.25) is 0 Å². The van der Waals surface area contributed by atoms with Crippen molar-refractivity contribution in [2.24, 2.45) is 12.0 Å². The van der Waals surface area contributed by atoms with Crippen LogP contribution < -0.4 is 16.3 Å². The lowest BCUT2D eigenvalue weighted by Gasteiger charge is -2.19. The van der Waals surface area contributed by atoms with Crippen molar-refractivity contribution in [1.82, 2.24) is 29.3 Å². The molecule has 3 aliphatic rings. The van der Waals surface area contributed by atoms with Crippen molar-refractivity contribution in [1.29, 1.82) is 0 Å². The number of hydrogen-bond donors (Lipinski definition) is 2. The molecule has 0 radical (unpaired) electrons. The molecular weight excluding hydrogens is 473 g/mol. The molecule has 0 atom stereocenters. The Kier molecular flexibility index (Phi) is 5.44. The van der Waals surface area contributed by atoms with E-state index in [0.717, 1.165) is 16.9 Å². The average molecular weight is 496 g/mol. The zero-order valence-electron chi connectivity index (χ0n) is 20.1. The molecule has 11 heteroatoms. The Bertz CT molecular complexity index is 1690. The molecule has 2 aromatic heterocycles. The number of pyridine rings is 2. The SMILES string of the molecule is Cc1ccc(NC(=O)c2ccccn2)c(F)c1-c1cc2cnc(=Nc3cnn(C)c3)nc-2n2c1NCC2. The van der Waals surface area contributed by atoms with Gasteiger partial charge in [-0.05, 0) is 36.8 Å². The molecule has 0 fully saturated rings. The van der Waals surface area contributed by atoms with Gasteiger partial charge in [0.25, 0.3) is 11.5 Å². The summed E-state index contributed by atoms with van der Waals surface area (Å²) in [4.78, 5) is 30.2. The predicted octanol–water partition coefficient (Wildman–Crippen LogP) is 3.54. The summed E-state index contributed by atoms with van der Waals surface area (Å²) < 4.78 is 19.6. The number of nitrogens with one attached hydrogen (secondary N) is 2. The summed E-state index contributed by atoms with van der Waals surface area (Å²) in [5.41, 5.74) is 3.78. The lowest BCUT2D eigenvalue weighted by atomic mass is 9.97. The normalized spacial score (nSPS) is 13.0. The Morgan fingerprint density at radius 3 is 2.86 bits per heavy atom. The molecule has 0 saturated carbocycles. The van der Waals surface area contributed by atoms with Crippen molar-refractivity contribution in [3.8, 4) is 22.5 Å². The molecule has 10 nitrogen and oxygen atoms in total. The molecule has 0 unspecified atom stereocenters. The summed E-state index contributed by atoms with van der Waals surface area (Å²) >= 11 is 0. The van der Waals surface area contributed by atoms with E-state index in [0.29, 0.717) is 41.3 Å². The topological polar surface area (TPSA) is 115 Å². The van der Waals surface area contributed by atoms with Gasteiger partial charge in [-0.25, -0.2) is 14.4 Å². The molecular formula is C26H22FN9O. The number of carbonyl (C=O) groups excluding carboxylic acids is 1. The fraction of sp³-hybridized carbons (Fsp3) is 0.154. The number of rotatable bonds is 4. The first-order chi connectivity index (χ1) is 18.0. The Morgan fingerprint density at radius 1 is 1.19 bits per heavy atom. The fourth-order valence-corrected chi connectivity index (χ4v) is 4.47. The van der Waals surface area contributed by atoms with Crippen LogP contribution in [0.1, 0.15) is 16.1 Å². The van der Waals surface area contributed by atoms with Crippen LogP contribution in [0, 0.1) is 12.7 Å². The quantitative estimate of drug-likeness (QED) is 0.394. The van der Waals surface area contributed by atoms with Crippen molar-refractivity contribution < 1.29 is 9.18 Å². The van der Waals surface area contributed by atoms with Crippen LogP contribution in [0.3, 0.4) is 0 Å². The molecule has 5 heterocycles. The Hall–Kier alpha value is -4.93. The van der Waals surface area contributed by atoms with E-state index in [1.54, 1.807) is 53.6 Å². The van der Waals surface area contributed by atoms with Crippen molar-refractivity contribution in [3.05, 3.63) is 83.9 Å². The monoisotopic (exact) mass is 495 g/mol. The van der Waals surface area contributed by atoms with Gasteiger partial charge in [0, 0.05) is 49.2 Å². The zero-order chi connectivity index (χ0) is 25.5. The minimum absolute atomic E-state index is 0.0787. The zero-order valence-corrected chi connectivity index (χ0v) is 20.1. The van der Waals surface area contributed by atoms with Gasteiger partial charge in [-0.2, -0.15) is 10.1 Å².